The smallest absolute Gasteiger partial charge is 0.482 e. The Morgan fingerprint density at radius 1 is 0.833 bits per heavy atom. The first-order valence-electron chi connectivity index (χ1n) is 10.6. The van der Waals surface area contributed by atoms with E-state index in [9.17, 15) is 26.3 Å². The molecule has 1 aromatic carbocycles. The van der Waals surface area contributed by atoms with Gasteiger partial charge in [-0.25, -0.2) is 4.98 Å². The summed E-state index contributed by atoms with van der Waals surface area (Å²) in [6.45, 7) is 1.63. The summed E-state index contributed by atoms with van der Waals surface area (Å²) in [4.78, 5) is 3.18. The van der Waals surface area contributed by atoms with Crippen molar-refractivity contribution >= 4 is 10.9 Å². The second-order valence-electron chi connectivity index (χ2n) is 7.57. The molecule has 5 rings (SSSR count). The van der Waals surface area contributed by atoms with Gasteiger partial charge in [0.2, 0.25) is 0 Å². The summed E-state index contributed by atoms with van der Waals surface area (Å²) in [6.07, 6.45) is 5.55. The van der Waals surface area contributed by atoms with Crippen molar-refractivity contribution in [1.82, 2.24) is 4.98 Å². The molecular formula is C25H19F6FeNO3+2. The van der Waals surface area contributed by atoms with Crippen LogP contribution in [0.25, 0.3) is 10.9 Å². The summed E-state index contributed by atoms with van der Waals surface area (Å²) in [7, 11) is 0. The second kappa shape index (κ2) is 12.3. The van der Waals surface area contributed by atoms with E-state index >= 15 is 0 Å². The molecule has 2 aliphatic carbocycles. The number of aromatic nitrogens is 1. The molecule has 10 radical (unpaired) electrons. The number of rotatable bonds is 3. The van der Waals surface area contributed by atoms with Gasteiger partial charge in [-0.3, -0.25) is 0 Å². The van der Waals surface area contributed by atoms with E-state index in [1.807, 2.05) is 25.7 Å². The Balaban J connectivity index is 0.000000251. The van der Waals surface area contributed by atoms with E-state index in [1.54, 1.807) is 12.8 Å². The van der Waals surface area contributed by atoms with E-state index < -0.39 is 29.1 Å². The van der Waals surface area contributed by atoms with Crippen LogP contribution in [0.1, 0.15) is 17.7 Å². The van der Waals surface area contributed by atoms with Crippen molar-refractivity contribution in [2.45, 2.75) is 25.1 Å². The van der Waals surface area contributed by atoms with E-state index in [2.05, 4.69) is 4.98 Å². The number of alkyl halides is 6. The van der Waals surface area contributed by atoms with Crippen molar-refractivity contribution in [2.24, 2.45) is 0 Å². The van der Waals surface area contributed by atoms with Crippen molar-refractivity contribution < 1.29 is 57.6 Å². The largest absolute Gasteiger partial charge is 2.00 e. The topological polar surface area (TPSA) is 40.6 Å². The minimum absolute atomic E-state index is 0. The number of fused-ring (bicyclic) bond motifs is 1. The van der Waals surface area contributed by atoms with Crippen molar-refractivity contribution in [2.75, 3.05) is 13.2 Å². The molecule has 1 aliphatic heterocycles. The van der Waals surface area contributed by atoms with Gasteiger partial charge >= 0.3 is 29.4 Å². The van der Waals surface area contributed by atoms with E-state index in [4.69, 9.17) is 14.2 Å². The predicted octanol–water partition coefficient (Wildman–Crippen LogP) is 6.17. The average molecular weight is 551 g/mol. The summed E-state index contributed by atoms with van der Waals surface area (Å²) < 4.78 is 94.4. The number of pyridine rings is 1. The summed E-state index contributed by atoms with van der Waals surface area (Å²) >= 11 is 0. The molecule has 1 saturated heterocycles. The molecule has 0 amide bonds. The van der Waals surface area contributed by atoms with Crippen LogP contribution in [0.15, 0.2) is 24.3 Å². The first-order chi connectivity index (χ1) is 16.6. The van der Waals surface area contributed by atoms with Crippen LogP contribution in [0, 0.1) is 63.4 Å². The van der Waals surface area contributed by atoms with Crippen LogP contribution < -0.4 is 4.74 Å². The number of hydrogen-bond acceptors (Lipinski definition) is 4. The molecule has 2 aromatic rings. The van der Waals surface area contributed by atoms with Gasteiger partial charge in [0, 0.05) is 30.2 Å². The molecule has 36 heavy (non-hydrogen) atoms. The number of benzene rings is 1. The normalized spacial score (nSPS) is 20.2. The molecule has 3 fully saturated rings. The van der Waals surface area contributed by atoms with Gasteiger partial charge in [-0.05, 0) is 57.1 Å². The fourth-order valence-electron chi connectivity index (χ4n) is 3.45. The Morgan fingerprint density at radius 3 is 2.03 bits per heavy atom. The Morgan fingerprint density at radius 2 is 1.44 bits per heavy atom. The van der Waals surface area contributed by atoms with Gasteiger partial charge in [-0.15, -0.1) is 0 Å². The van der Waals surface area contributed by atoms with Crippen LogP contribution in [-0.4, -0.2) is 24.5 Å². The molecule has 3 aliphatic rings. The van der Waals surface area contributed by atoms with Gasteiger partial charge in [0.05, 0.1) is 24.3 Å². The van der Waals surface area contributed by atoms with E-state index in [0.29, 0.717) is 12.1 Å². The molecular weight excluding hydrogens is 532 g/mol. The van der Waals surface area contributed by atoms with Crippen LogP contribution in [-0.2, 0) is 38.9 Å². The number of para-hydroxylation sites is 1. The van der Waals surface area contributed by atoms with Gasteiger partial charge < -0.3 is 14.2 Å². The maximum Gasteiger partial charge on any atom is 2.00 e. The third-order valence-electron chi connectivity index (χ3n) is 5.05. The number of ether oxygens (including phenoxy) is 3. The Bertz CT molecular complexity index is 982. The van der Waals surface area contributed by atoms with Gasteiger partial charge in [0.1, 0.15) is 11.4 Å². The molecule has 4 nitrogen and oxygen atoms in total. The molecule has 1 aromatic heterocycles. The molecule has 0 atom stereocenters. The molecule has 2 heterocycles. The third-order valence-corrected chi connectivity index (χ3v) is 5.05. The molecule has 2 saturated carbocycles. The zero-order chi connectivity index (χ0) is 25.1. The quantitative estimate of drug-likeness (QED) is 0.338. The predicted molar refractivity (Wildman–Crippen MR) is 114 cm³/mol. The van der Waals surface area contributed by atoms with Crippen LogP contribution in [0.2, 0.25) is 0 Å². The summed E-state index contributed by atoms with van der Waals surface area (Å²) in [5.41, 5.74) is -3.51. The standard InChI is InChI=1S/C16H8F6NO.C9H11O2.Fe/c17-15(18,19)11-7-3-6-10-12(24-9-4-1-2-5-9)8-13(16(20,21)22)23-14(10)11;1-2-5-8(4-1)9-10-6-3-7-11-9;/h1-8H;1-2,4-5,9H,3,6-7H2;/q;;+2. The summed E-state index contributed by atoms with van der Waals surface area (Å²) in [6, 6.07) is 3.60. The fourth-order valence-corrected chi connectivity index (χ4v) is 3.45. The Kier molecular flexibility index (Phi) is 9.94. The molecule has 190 valence electrons. The van der Waals surface area contributed by atoms with E-state index in [-0.39, 0.29) is 40.6 Å². The Labute approximate surface area is 216 Å². The van der Waals surface area contributed by atoms with Gasteiger partial charge in [0.25, 0.3) is 0 Å². The van der Waals surface area contributed by atoms with E-state index in [1.165, 1.54) is 18.9 Å². The zero-order valence-electron chi connectivity index (χ0n) is 18.4. The summed E-state index contributed by atoms with van der Waals surface area (Å²) in [5.74, 6) is 0.786. The Hall–Kier alpha value is -1.55. The monoisotopic (exact) mass is 551 g/mol. The maximum absolute atomic E-state index is 13.1. The molecule has 0 unspecified atom stereocenters. The van der Waals surface area contributed by atoms with Crippen molar-refractivity contribution in [1.29, 1.82) is 0 Å². The van der Waals surface area contributed by atoms with E-state index in [0.717, 1.165) is 31.6 Å². The van der Waals surface area contributed by atoms with Crippen LogP contribution >= 0.6 is 0 Å². The van der Waals surface area contributed by atoms with Crippen molar-refractivity contribution in [3.63, 3.8) is 0 Å². The SMILES string of the molecule is FC(F)(F)c1cc(O[C]2[CH][CH][CH][CH]2)c2cccc(C(F)(F)F)c2n1.[CH]1[CH][CH][C](C2OCCCO2)[CH]1.[Fe+2]. The first-order valence-corrected chi connectivity index (χ1v) is 10.6. The van der Waals surface area contributed by atoms with Crippen molar-refractivity contribution in [3.8, 4) is 5.75 Å². The van der Waals surface area contributed by atoms with Gasteiger partial charge in [-0.2, -0.15) is 26.3 Å². The number of nitrogens with zero attached hydrogens (tertiary/aromatic N) is 1. The minimum Gasteiger partial charge on any atom is -0.482 e. The zero-order valence-corrected chi connectivity index (χ0v) is 19.5. The van der Waals surface area contributed by atoms with Crippen LogP contribution in [0.3, 0.4) is 0 Å². The number of halogens is 6. The maximum atomic E-state index is 13.1. The third kappa shape index (κ3) is 7.27. The molecule has 0 N–H and O–H groups in total. The molecule has 0 bridgehead atoms. The van der Waals surface area contributed by atoms with Crippen LogP contribution in [0.4, 0.5) is 26.3 Å². The fraction of sp³-hybridized carbons (Fsp3) is 0.240. The average Bonchev–Trinajstić information content (AvgIpc) is 3.53. The second-order valence-corrected chi connectivity index (χ2v) is 7.57. The van der Waals surface area contributed by atoms with Crippen LogP contribution in [0.5, 0.6) is 5.75 Å². The van der Waals surface area contributed by atoms with Crippen molar-refractivity contribution in [3.05, 3.63) is 98.9 Å². The first kappa shape index (κ1) is 29.0. The van der Waals surface area contributed by atoms with Gasteiger partial charge in [-0.1, -0.05) is 6.07 Å². The minimum atomic E-state index is -4.91. The summed E-state index contributed by atoms with van der Waals surface area (Å²) in [5, 5.41) is -0.154. The van der Waals surface area contributed by atoms with Gasteiger partial charge in [0.15, 0.2) is 12.4 Å². The molecule has 0 spiro atoms. The molecule has 11 heteroatoms. The number of hydrogen-bond donors (Lipinski definition) is 0.